The number of nitrogen functional groups attached to an aromatic ring is 1. The fourth-order valence-electron chi connectivity index (χ4n) is 1.48. The van der Waals surface area contributed by atoms with Gasteiger partial charge in [-0.15, -0.1) is 0 Å². The summed E-state index contributed by atoms with van der Waals surface area (Å²) in [5.74, 6) is -0.0387. The molecule has 0 atom stereocenters. The summed E-state index contributed by atoms with van der Waals surface area (Å²) in [7, 11) is 0. The van der Waals surface area contributed by atoms with Crippen LogP contribution < -0.4 is 5.73 Å². The van der Waals surface area contributed by atoms with Gasteiger partial charge >= 0.3 is 0 Å². The van der Waals surface area contributed by atoms with Crippen molar-refractivity contribution in [2.24, 2.45) is 5.73 Å². The van der Waals surface area contributed by atoms with Crippen molar-refractivity contribution in [1.82, 2.24) is 0 Å². The van der Waals surface area contributed by atoms with Crippen molar-refractivity contribution >= 4 is 52.4 Å². The molecule has 0 amide bonds. The van der Waals surface area contributed by atoms with Crippen molar-refractivity contribution in [2.75, 3.05) is 0 Å². The van der Waals surface area contributed by atoms with Crippen molar-refractivity contribution in [3.8, 4) is 0 Å². The molecular formula is C13H9Cl3N2S. The monoisotopic (exact) mass is 330 g/mol. The highest BCUT2D eigenvalue weighted by Gasteiger charge is 2.10. The van der Waals surface area contributed by atoms with Crippen LogP contribution in [0.1, 0.15) is 5.56 Å². The Morgan fingerprint density at radius 2 is 1.58 bits per heavy atom. The van der Waals surface area contributed by atoms with E-state index in [4.69, 9.17) is 45.9 Å². The maximum atomic E-state index is 7.58. The molecule has 98 valence electrons. The van der Waals surface area contributed by atoms with Crippen molar-refractivity contribution < 1.29 is 0 Å². The molecule has 3 N–H and O–H groups in total. The summed E-state index contributed by atoms with van der Waals surface area (Å²) in [4.78, 5) is 1.61. The molecule has 0 aliphatic rings. The van der Waals surface area contributed by atoms with Gasteiger partial charge in [-0.1, -0.05) is 46.6 Å². The second-order valence-electron chi connectivity index (χ2n) is 3.73. The normalized spacial score (nSPS) is 10.5. The van der Waals surface area contributed by atoms with Crippen LogP contribution in [-0.2, 0) is 0 Å². The molecule has 2 nitrogen and oxygen atoms in total. The van der Waals surface area contributed by atoms with Crippen LogP contribution in [0.2, 0.25) is 15.1 Å². The predicted octanol–water partition coefficient (Wildman–Crippen LogP) is 5.08. The Hall–Kier alpha value is -0.870. The topological polar surface area (TPSA) is 49.9 Å². The molecule has 2 aromatic rings. The van der Waals surface area contributed by atoms with Crippen LogP contribution in [0.25, 0.3) is 0 Å². The lowest BCUT2D eigenvalue weighted by molar-refractivity contribution is 1.33. The SMILES string of the molecule is N=C(N)c1cc(Cl)ccc1Sc1cc(Cl)ccc1Cl. The van der Waals surface area contributed by atoms with Crippen molar-refractivity contribution in [2.45, 2.75) is 9.79 Å². The number of amidine groups is 1. The van der Waals surface area contributed by atoms with Crippen LogP contribution in [0.4, 0.5) is 0 Å². The number of hydrogen-bond donors (Lipinski definition) is 2. The van der Waals surface area contributed by atoms with Crippen LogP contribution in [0.5, 0.6) is 0 Å². The quantitative estimate of drug-likeness (QED) is 0.608. The first kappa shape index (κ1) is 14.5. The molecule has 0 fully saturated rings. The fourth-order valence-corrected chi connectivity index (χ4v) is 3.12. The molecule has 0 saturated carbocycles. The van der Waals surface area contributed by atoms with Gasteiger partial charge in [0.2, 0.25) is 0 Å². The van der Waals surface area contributed by atoms with Gasteiger partial charge in [-0.3, -0.25) is 5.41 Å². The maximum absolute atomic E-state index is 7.58. The Morgan fingerprint density at radius 1 is 0.947 bits per heavy atom. The third-order valence-electron chi connectivity index (χ3n) is 2.34. The Balaban J connectivity index is 2.43. The molecule has 0 aliphatic heterocycles. The largest absolute Gasteiger partial charge is 0.384 e. The summed E-state index contributed by atoms with van der Waals surface area (Å²) in [6, 6.07) is 10.4. The second-order valence-corrected chi connectivity index (χ2v) is 6.09. The Bertz CT molecular complexity index is 644. The number of nitrogens with two attached hydrogens (primary N) is 1. The molecule has 0 heterocycles. The van der Waals surface area contributed by atoms with Crippen molar-refractivity contribution in [1.29, 1.82) is 5.41 Å². The summed E-state index contributed by atoms with van der Waals surface area (Å²) in [6.45, 7) is 0. The van der Waals surface area contributed by atoms with Crippen LogP contribution in [0, 0.1) is 5.41 Å². The molecule has 0 radical (unpaired) electrons. The highest BCUT2D eigenvalue weighted by molar-refractivity contribution is 7.99. The van der Waals surface area contributed by atoms with Gasteiger partial charge < -0.3 is 5.73 Å². The average molecular weight is 332 g/mol. The highest BCUT2D eigenvalue weighted by atomic mass is 35.5. The first-order valence-corrected chi connectivity index (χ1v) is 7.19. The first-order chi connectivity index (χ1) is 8.97. The fraction of sp³-hybridized carbons (Fsp3) is 0. The lowest BCUT2D eigenvalue weighted by Gasteiger charge is -2.09. The molecular weight excluding hydrogens is 323 g/mol. The van der Waals surface area contributed by atoms with Gasteiger partial charge in [0.25, 0.3) is 0 Å². The third-order valence-corrected chi connectivity index (χ3v) is 4.39. The number of hydrogen-bond acceptors (Lipinski definition) is 2. The standard InChI is InChI=1S/C13H9Cl3N2S/c14-7-2-4-11(9(5-7)13(17)18)19-12-6-8(15)1-3-10(12)16/h1-6H,(H3,17,18). The van der Waals surface area contributed by atoms with E-state index in [1.54, 1.807) is 36.4 Å². The lowest BCUT2D eigenvalue weighted by Crippen LogP contribution is -2.12. The Labute approximate surface area is 130 Å². The van der Waals surface area contributed by atoms with E-state index in [9.17, 15) is 0 Å². The number of benzene rings is 2. The van der Waals surface area contributed by atoms with Gasteiger partial charge in [-0.2, -0.15) is 0 Å². The van der Waals surface area contributed by atoms with E-state index in [-0.39, 0.29) is 5.84 Å². The van der Waals surface area contributed by atoms with Gasteiger partial charge in [0, 0.05) is 25.4 Å². The summed E-state index contributed by atoms with van der Waals surface area (Å²) in [6.07, 6.45) is 0. The Morgan fingerprint density at radius 3 is 2.26 bits per heavy atom. The molecule has 0 aromatic heterocycles. The van der Waals surface area contributed by atoms with E-state index in [0.29, 0.717) is 20.6 Å². The van der Waals surface area contributed by atoms with Crippen molar-refractivity contribution in [3.63, 3.8) is 0 Å². The van der Waals surface area contributed by atoms with Gasteiger partial charge in [0.1, 0.15) is 5.84 Å². The Kier molecular flexibility index (Phi) is 4.63. The van der Waals surface area contributed by atoms with E-state index in [1.165, 1.54) is 11.8 Å². The minimum absolute atomic E-state index is 0.0387. The maximum Gasteiger partial charge on any atom is 0.123 e. The summed E-state index contributed by atoms with van der Waals surface area (Å²) >= 11 is 19.4. The average Bonchev–Trinajstić information content (AvgIpc) is 2.35. The summed E-state index contributed by atoms with van der Waals surface area (Å²) < 4.78 is 0. The zero-order chi connectivity index (χ0) is 14.0. The zero-order valence-electron chi connectivity index (χ0n) is 9.58. The van der Waals surface area contributed by atoms with Gasteiger partial charge in [0.15, 0.2) is 0 Å². The minimum atomic E-state index is -0.0387. The molecule has 0 aliphatic carbocycles. The summed E-state index contributed by atoms with van der Waals surface area (Å²) in [5.41, 5.74) is 6.13. The molecule has 0 unspecified atom stereocenters. The molecule has 0 bridgehead atoms. The number of rotatable bonds is 3. The number of nitrogens with one attached hydrogen (secondary N) is 1. The van der Waals surface area contributed by atoms with E-state index in [0.717, 1.165) is 9.79 Å². The molecule has 2 aromatic carbocycles. The van der Waals surface area contributed by atoms with E-state index >= 15 is 0 Å². The van der Waals surface area contributed by atoms with Gasteiger partial charge in [-0.25, -0.2) is 0 Å². The van der Waals surface area contributed by atoms with Gasteiger partial charge in [-0.05, 0) is 36.4 Å². The second kappa shape index (κ2) is 6.06. The predicted molar refractivity (Wildman–Crippen MR) is 83.1 cm³/mol. The van der Waals surface area contributed by atoms with Gasteiger partial charge in [0.05, 0.1) is 5.02 Å². The number of halogens is 3. The lowest BCUT2D eigenvalue weighted by atomic mass is 10.2. The smallest absolute Gasteiger partial charge is 0.123 e. The third kappa shape index (κ3) is 3.57. The van der Waals surface area contributed by atoms with Crippen molar-refractivity contribution in [3.05, 3.63) is 57.0 Å². The molecule has 19 heavy (non-hydrogen) atoms. The summed E-state index contributed by atoms with van der Waals surface area (Å²) in [5, 5.41) is 9.31. The van der Waals surface area contributed by atoms with E-state index < -0.39 is 0 Å². The molecule has 0 saturated heterocycles. The minimum Gasteiger partial charge on any atom is -0.384 e. The zero-order valence-corrected chi connectivity index (χ0v) is 12.7. The van der Waals surface area contributed by atoms with Crippen LogP contribution in [-0.4, -0.2) is 5.84 Å². The van der Waals surface area contributed by atoms with Crippen LogP contribution in [0.15, 0.2) is 46.2 Å². The first-order valence-electron chi connectivity index (χ1n) is 5.24. The van der Waals surface area contributed by atoms with Crippen LogP contribution >= 0.6 is 46.6 Å². The van der Waals surface area contributed by atoms with Crippen LogP contribution in [0.3, 0.4) is 0 Å². The molecule has 6 heteroatoms. The highest BCUT2D eigenvalue weighted by Crippen LogP contribution is 2.37. The molecule has 0 spiro atoms. The molecule has 2 rings (SSSR count). The van der Waals surface area contributed by atoms with E-state index in [1.807, 2.05) is 0 Å². The van der Waals surface area contributed by atoms with E-state index in [2.05, 4.69) is 0 Å².